The van der Waals surface area contributed by atoms with Gasteiger partial charge in [-0.1, -0.05) is 17.7 Å². The zero-order chi connectivity index (χ0) is 13.8. The van der Waals surface area contributed by atoms with E-state index in [4.69, 9.17) is 21.1 Å². The summed E-state index contributed by atoms with van der Waals surface area (Å²) in [5.41, 5.74) is 0. The summed E-state index contributed by atoms with van der Waals surface area (Å²) in [7, 11) is 1.58. The van der Waals surface area contributed by atoms with Gasteiger partial charge in [0, 0.05) is 6.07 Å². The molecular weight excluding hydrogens is 284 g/mol. The van der Waals surface area contributed by atoms with Crippen LogP contribution in [0.1, 0.15) is 16.6 Å². The van der Waals surface area contributed by atoms with Crippen LogP contribution in [0.3, 0.4) is 0 Å². The number of halogens is 1. The van der Waals surface area contributed by atoms with Crippen molar-refractivity contribution in [1.82, 2.24) is 0 Å². The lowest BCUT2D eigenvalue weighted by Crippen LogP contribution is -2.23. The molecule has 0 aliphatic rings. The Hall–Kier alpha value is -1.52. The topological polar surface area (TPSA) is 35.5 Å². The van der Waals surface area contributed by atoms with Gasteiger partial charge in [-0.3, -0.25) is 4.79 Å². The van der Waals surface area contributed by atoms with E-state index in [2.05, 4.69) is 0 Å². The predicted molar refractivity (Wildman–Crippen MR) is 76.7 cm³/mol. The zero-order valence-corrected chi connectivity index (χ0v) is 12.1. The van der Waals surface area contributed by atoms with E-state index in [1.165, 1.54) is 11.3 Å². The molecule has 1 unspecified atom stereocenters. The Kier molecular flexibility index (Phi) is 4.45. The lowest BCUT2D eigenvalue weighted by molar-refractivity contribution is 0.0822. The first kappa shape index (κ1) is 13.9. The molecule has 1 atom stereocenters. The summed E-state index contributed by atoms with van der Waals surface area (Å²) in [5.74, 6) is 1.21. The number of methoxy groups -OCH3 is 1. The third-order valence-corrected chi connectivity index (χ3v) is 3.79. The normalized spacial score (nSPS) is 11.9. The second kappa shape index (κ2) is 6.08. The van der Waals surface area contributed by atoms with Gasteiger partial charge in [0.25, 0.3) is 0 Å². The molecular formula is C14H13ClO3S. The standard InChI is InChI=1S/C14H13ClO3S/c1-9(14(16)12-6-7-13(15)19-12)18-11-5-3-4-10(8-11)17-2/h3-9H,1-2H3. The van der Waals surface area contributed by atoms with Crippen molar-refractivity contribution in [3.05, 3.63) is 45.6 Å². The van der Waals surface area contributed by atoms with Gasteiger partial charge in [-0.25, -0.2) is 0 Å². The first-order valence-corrected chi connectivity index (χ1v) is 6.90. The van der Waals surface area contributed by atoms with Gasteiger partial charge < -0.3 is 9.47 Å². The Labute approximate surface area is 120 Å². The van der Waals surface area contributed by atoms with E-state index in [1.807, 2.05) is 12.1 Å². The zero-order valence-electron chi connectivity index (χ0n) is 10.6. The number of ether oxygens (including phenoxy) is 2. The van der Waals surface area contributed by atoms with Crippen LogP contribution in [0, 0.1) is 0 Å². The molecule has 2 rings (SSSR count). The molecule has 2 aromatic rings. The number of ketones is 1. The Bertz CT molecular complexity index is 580. The van der Waals surface area contributed by atoms with E-state index in [0.717, 1.165) is 0 Å². The molecule has 5 heteroatoms. The van der Waals surface area contributed by atoms with E-state index in [1.54, 1.807) is 38.3 Å². The summed E-state index contributed by atoms with van der Waals surface area (Å²) >= 11 is 7.07. The third kappa shape index (κ3) is 3.49. The Morgan fingerprint density at radius 2 is 2.00 bits per heavy atom. The number of thiophene rings is 1. The molecule has 0 N–H and O–H groups in total. The molecule has 0 radical (unpaired) electrons. The second-order valence-electron chi connectivity index (χ2n) is 3.91. The van der Waals surface area contributed by atoms with Crippen molar-refractivity contribution in [2.24, 2.45) is 0 Å². The fraction of sp³-hybridized carbons (Fsp3) is 0.214. The van der Waals surface area contributed by atoms with Crippen molar-refractivity contribution in [3.63, 3.8) is 0 Å². The van der Waals surface area contributed by atoms with Gasteiger partial charge in [0.15, 0.2) is 6.10 Å². The molecule has 0 saturated heterocycles. The van der Waals surface area contributed by atoms with Crippen LogP contribution >= 0.6 is 22.9 Å². The van der Waals surface area contributed by atoms with Crippen LogP contribution in [-0.4, -0.2) is 19.0 Å². The van der Waals surface area contributed by atoms with E-state index in [0.29, 0.717) is 20.7 Å². The van der Waals surface area contributed by atoms with Crippen LogP contribution in [0.2, 0.25) is 4.34 Å². The van der Waals surface area contributed by atoms with Gasteiger partial charge in [-0.05, 0) is 31.2 Å². The van der Waals surface area contributed by atoms with Gasteiger partial charge >= 0.3 is 0 Å². The number of carbonyl (C=O) groups is 1. The first-order chi connectivity index (χ1) is 9.10. The summed E-state index contributed by atoms with van der Waals surface area (Å²) in [4.78, 5) is 12.7. The molecule has 100 valence electrons. The van der Waals surface area contributed by atoms with Crippen molar-refractivity contribution in [1.29, 1.82) is 0 Å². The Morgan fingerprint density at radius 3 is 2.63 bits per heavy atom. The fourth-order valence-corrected chi connectivity index (χ4v) is 2.64. The molecule has 0 aliphatic carbocycles. The Balaban J connectivity index is 2.07. The molecule has 0 aliphatic heterocycles. The maximum Gasteiger partial charge on any atom is 0.212 e. The summed E-state index contributed by atoms with van der Waals surface area (Å²) in [6.07, 6.45) is -0.568. The van der Waals surface area contributed by atoms with E-state index >= 15 is 0 Å². The van der Waals surface area contributed by atoms with Crippen LogP contribution in [0.4, 0.5) is 0 Å². The number of Topliss-reactive ketones (excluding diaryl/α,β-unsaturated/α-hetero) is 1. The maximum absolute atomic E-state index is 12.1. The monoisotopic (exact) mass is 296 g/mol. The number of carbonyl (C=O) groups excluding carboxylic acids is 1. The third-order valence-electron chi connectivity index (χ3n) is 2.54. The van der Waals surface area contributed by atoms with Crippen molar-refractivity contribution in [2.75, 3.05) is 7.11 Å². The second-order valence-corrected chi connectivity index (χ2v) is 5.62. The largest absolute Gasteiger partial charge is 0.497 e. The average molecular weight is 297 g/mol. The summed E-state index contributed by atoms with van der Waals surface area (Å²) in [6.45, 7) is 1.72. The molecule has 1 aromatic carbocycles. The lowest BCUT2D eigenvalue weighted by atomic mass is 10.2. The molecule has 0 fully saturated rings. The van der Waals surface area contributed by atoms with Crippen LogP contribution in [0.5, 0.6) is 11.5 Å². The van der Waals surface area contributed by atoms with Crippen LogP contribution in [0.15, 0.2) is 36.4 Å². The minimum absolute atomic E-state index is 0.0836. The molecule has 3 nitrogen and oxygen atoms in total. The number of hydrogen-bond donors (Lipinski definition) is 0. The van der Waals surface area contributed by atoms with E-state index in [9.17, 15) is 4.79 Å². The summed E-state index contributed by atoms with van der Waals surface area (Å²) in [5, 5.41) is 0. The Morgan fingerprint density at radius 1 is 1.26 bits per heavy atom. The van der Waals surface area contributed by atoms with Crippen molar-refractivity contribution in [2.45, 2.75) is 13.0 Å². The minimum Gasteiger partial charge on any atom is -0.497 e. The number of hydrogen-bond acceptors (Lipinski definition) is 4. The quantitative estimate of drug-likeness (QED) is 0.781. The molecule has 0 spiro atoms. The number of rotatable bonds is 5. The highest BCUT2D eigenvalue weighted by Gasteiger charge is 2.18. The molecule has 0 bridgehead atoms. The highest BCUT2D eigenvalue weighted by atomic mass is 35.5. The first-order valence-electron chi connectivity index (χ1n) is 5.70. The van der Waals surface area contributed by atoms with Crippen molar-refractivity contribution < 1.29 is 14.3 Å². The van der Waals surface area contributed by atoms with Crippen LogP contribution in [0.25, 0.3) is 0 Å². The summed E-state index contributed by atoms with van der Waals surface area (Å²) < 4.78 is 11.3. The maximum atomic E-state index is 12.1. The average Bonchev–Trinajstić information content (AvgIpc) is 2.84. The van der Waals surface area contributed by atoms with Gasteiger partial charge in [0.1, 0.15) is 11.5 Å². The molecule has 0 saturated carbocycles. The predicted octanol–water partition coefficient (Wildman–Crippen LogP) is 4.06. The van der Waals surface area contributed by atoms with E-state index < -0.39 is 6.10 Å². The van der Waals surface area contributed by atoms with Gasteiger partial charge in [-0.2, -0.15) is 0 Å². The van der Waals surface area contributed by atoms with Gasteiger partial charge in [0.05, 0.1) is 16.3 Å². The SMILES string of the molecule is COc1cccc(OC(C)C(=O)c2ccc(Cl)s2)c1. The van der Waals surface area contributed by atoms with Gasteiger partial charge in [0.2, 0.25) is 5.78 Å². The number of benzene rings is 1. The van der Waals surface area contributed by atoms with Crippen molar-refractivity contribution >= 4 is 28.7 Å². The fourth-order valence-electron chi connectivity index (χ4n) is 1.58. The molecule has 1 heterocycles. The van der Waals surface area contributed by atoms with E-state index in [-0.39, 0.29) is 5.78 Å². The van der Waals surface area contributed by atoms with Crippen LogP contribution < -0.4 is 9.47 Å². The van der Waals surface area contributed by atoms with Gasteiger partial charge in [-0.15, -0.1) is 11.3 Å². The molecule has 0 amide bonds. The minimum atomic E-state index is -0.568. The smallest absolute Gasteiger partial charge is 0.212 e. The lowest BCUT2D eigenvalue weighted by Gasteiger charge is -2.13. The van der Waals surface area contributed by atoms with Crippen molar-refractivity contribution in [3.8, 4) is 11.5 Å². The van der Waals surface area contributed by atoms with Crippen LogP contribution in [-0.2, 0) is 0 Å². The highest BCUT2D eigenvalue weighted by Crippen LogP contribution is 2.25. The summed E-state index contributed by atoms with van der Waals surface area (Å²) in [6, 6.07) is 10.6. The molecule has 1 aromatic heterocycles. The highest BCUT2D eigenvalue weighted by molar-refractivity contribution is 7.18. The molecule has 19 heavy (non-hydrogen) atoms.